The van der Waals surface area contributed by atoms with E-state index in [1.165, 1.54) is 11.9 Å². The van der Waals surface area contributed by atoms with Gasteiger partial charge in [-0.25, -0.2) is 9.78 Å². The van der Waals surface area contributed by atoms with Gasteiger partial charge in [0.2, 0.25) is 0 Å². The van der Waals surface area contributed by atoms with E-state index in [9.17, 15) is 4.79 Å². The fourth-order valence-corrected chi connectivity index (χ4v) is 1.88. The molecule has 2 rings (SSSR count). The van der Waals surface area contributed by atoms with E-state index in [1.807, 2.05) is 32.9 Å². The number of aryl methyl sites for hydroxylation is 3. The highest BCUT2D eigenvalue weighted by Crippen LogP contribution is 2.26. The number of hydrogen-bond donors (Lipinski definition) is 2. The number of aromatic amines is 1. The molecule has 4 heteroatoms. The Morgan fingerprint density at radius 1 is 1.18 bits per heavy atom. The minimum absolute atomic E-state index is 0.136. The van der Waals surface area contributed by atoms with Crippen LogP contribution in [0, 0.1) is 20.8 Å². The van der Waals surface area contributed by atoms with Gasteiger partial charge in [0.1, 0.15) is 5.69 Å². The van der Waals surface area contributed by atoms with E-state index in [0.717, 1.165) is 16.7 Å². The van der Waals surface area contributed by atoms with Gasteiger partial charge in [-0.1, -0.05) is 6.07 Å². The zero-order valence-corrected chi connectivity index (χ0v) is 10.0. The van der Waals surface area contributed by atoms with E-state index in [1.54, 1.807) is 0 Å². The maximum atomic E-state index is 11.0. The largest absolute Gasteiger partial charge is 0.477 e. The fraction of sp³-hybridized carbons (Fsp3) is 0.231. The van der Waals surface area contributed by atoms with Gasteiger partial charge in [-0.05, 0) is 43.5 Å². The third kappa shape index (κ3) is 1.93. The maximum absolute atomic E-state index is 11.0. The molecule has 0 saturated heterocycles. The molecule has 0 saturated carbocycles. The van der Waals surface area contributed by atoms with Crippen molar-refractivity contribution in [2.24, 2.45) is 0 Å². The van der Waals surface area contributed by atoms with Gasteiger partial charge < -0.3 is 10.1 Å². The Morgan fingerprint density at radius 2 is 1.82 bits per heavy atom. The molecule has 0 spiro atoms. The highest BCUT2D eigenvalue weighted by molar-refractivity contribution is 5.93. The van der Waals surface area contributed by atoms with Crippen LogP contribution in [0.3, 0.4) is 0 Å². The summed E-state index contributed by atoms with van der Waals surface area (Å²) in [5.74, 6) is -0.991. The summed E-state index contributed by atoms with van der Waals surface area (Å²) in [5, 5.41) is 9.06. The molecule has 1 aromatic carbocycles. The first-order chi connectivity index (χ1) is 8.00. The number of carbonyl (C=O) groups is 1. The predicted octanol–water partition coefficient (Wildman–Crippen LogP) is 2.70. The molecule has 0 aliphatic carbocycles. The SMILES string of the molecule is Cc1cc(C)c(-c2nc[nH]c2C(=O)O)cc1C. The van der Waals surface area contributed by atoms with E-state index in [-0.39, 0.29) is 5.69 Å². The van der Waals surface area contributed by atoms with Gasteiger partial charge in [-0.15, -0.1) is 0 Å². The molecule has 17 heavy (non-hydrogen) atoms. The van der Waals surface area contributed by atoms with Crippen molar-refractivity contribution < 1.29 is 9.90 Å². The first kappa shape index (κ1) is 11.4. The third-order valence-electron chi connectivity index (χ3n) is 2.95. The number of imidazole rings is 1. The van der Waals surface area contributed by atoms with Gasteiger partial charge in [-0.3, -0.25) is 0 Å². The van der Waals surface area contributed by atoms with Gasteiger partial charge in [0.15, 0.2) is 5.69 Å². The molecule has 2 aromatic rings. The lowest BCUT2D eigenvalue weighted by Crippen LogP contribution is -2.00. The second-order valence-electron chi connectivity index (χ2n) is 4.18. The van der Waals surface area contributed by atoms with Gasteiger partial charge in [0, 0.05) is 5.56 Å². The zero-order chi connectivity index (χ0) is 12.6. The molecular weight excluding hydrogens is 216 g/mol. The molecule has 1 aromatic heterocycles. The Bertz CT molecular complexity index is 585. The van der Waals surface area contributed by atoms with Gasteiger partial charge >= 0.3 is 5.97 Å². The number of nitrogens with zero attached hydrogens (tertiary/aromatic N) is 1. The van der Waals surface area contributed by atoms with Crippen LogP contribution < -0.4 is 0 Å². The topological polar surface area (TPSA) is 66.0 Å². The molecule has 0 aliphatic heterocycles. The average molecular weight is 230 g/mol. The quantitative estimate of drug-likeness (QED) is 0.833. The predicted molar refractivity (Wildman–Crippen MR) is 65.2 cm³/mol. The van der Waals surface area contributed by atoms with E-state index < -0.39 is 5.97 Å². The summed E-state index contributed by atoms with van der Waals surface area (Å²) in [7, 11) is 0. The fourth-order valence-electron chi connectivity index (χ4n) is 1.88. The van der Waals surface area contributed by atoms with Crippen molar-refractivity contribution in [2.45, 2.75) is 20.8 Å². The summed E-state index contributed by atoms with van der Waals surface area (Å²) < 4.78 is 0. The number of nitrogens with one attached hydrogen (secondary N) is 1. The Hall–Kier alpha value is -2.10. The first-order valence-electron chi connectivity index (χ1n) is 5.35. The highest BCUT2D eigenvalue weighted by atomic mass is 16.4. The van der Waals surface area contributed by atoms with Gasteiger partial charge in [0.25, 0.3) is 0 Å². The smallest absolute Gasteiger partial charge is 0.354 e. The molecule has 0 aliphatic rings. The molecule has 0 unspecified atom stereocenters. The van der Waals surface area contributed by atoms with Crippen molar-refractivity contribution in [3.05, 3.63) is 40.8 Å². The number of benzene rings is 1. The Morgan fingerprint density at radius 3 is 2.47 bits per heavy atom. The summed E-state index contributed by atoms with van der Waals surface area (Å²) in [6.07, 6.45) is 1.41. The standard InChI is InChI=1S/C13H14N2O2/c1-7-4-9(3)10(5-8(7)2)11-12(13(16)17)15-6-14-11/h4-6H,1-3H3,(H,14,15)(H,16,17). The van der Waals surface area contributed by atoms with Crippen LogP contribution in [0.4, 0.5) is 0 Å². The average Bonchev–Trinajstić information content (AvgIpc) is 2.72. The summed E-state index contributed by atoms with van der Waals surface area (Å²) in [4.78, 5) is 17.8. The molecule has 1 heterocycles. The number of carboxylic acids is 1. The van der Waals surface area contributed by atoms with Crippen LogP contribution >= 0.6 is 0 Å². The maximum Gasteiger partial charge on any atom is 0.354 e. The zero-order valence-electron chi connectivity index (χ0n) is 10.0. The van der Waals surface area contributed by atoms with Crippen molar-refractivity contribution >= 4 is 5.97 Å². The molecule has 0 atom stereocenters. The Labute approximate surface area is 99.3 Å². The number of rotatable bonds is 2. The molecule has 2 N–H and O–H groups in total. The minimum atomic E-state index is -0.991. The molecular formula is C13H14N2O2. The van der Waals surface area contributed by atoms with Crippen LogP contribution in [-0.4, -0.2) is 21.0 Å². The lowest BCUT2D eigenvalue weighted by molar-refractivity contribution is 0.0692. The van der Waals surface area contributed by atoms with Crippen LogP contribution in [0.15, 0.2) is 18.5 Å². The van der Waals surface area contributed by atoms with Crippen LogP contribution in [0.25, 0.3) is 11.3 Å². The lowest BCUT2D eigenvalue weighted by atomic mass is 9.98. The van der Waals surface area contributed by atoms with Crippen molar-refractivity contribution in [3.8, 4) is 11.3 Å². The van der Waals surface area contributed by atoms with Crippen LogP contribution in [-0.2, 0) is 0 Å². The van der Waals surface area contributed by atoms with Crippen molar-refractivity contribution in [3.63, 3.8) is 0 Å². The van der Waals surface area contributed by atoms with E-state index in [0.29, 0.717) is 5.69 Å². The number of hydrogen-bond acceptors (Lipinski definition) is 2. The molecule has 0 amide bonds. The second kappa shape index (κ2) is 4.05. The van der Waals surface area contributed by atoms with Crippen molar-refractivity contribution in [2.75, 3.05) is 0 Å². The Kier molecular flexibility index (Phi) is 2.71. The molecule has 4 nitrogen and oxygen atoms in total. The van der Waals surface area contributed by atoms with Crippen LogP contribution in [0.1, 0.15) is 27.2 Å². The minimum Gasteiger partial charge on any atom is -0.477 e. The van der Waals surface area contributed by atoms with Gasteiger partial charge in [-0.2, -0.15) is 0 Å². The second-order valence-corrected chi connectivity index (χ2v) is 4.18. The van der Waals surface area contributed by atoms with Crippen LogP contribution in [0.5, 0.6) is 0 Å². The molecule has 0 bridgehead atoms. The summed E-state index contributed by atoms with van der Waals surface area (Å²) in [5.41, 5.74) is 4.85. The number of aromatic nitrogens is 2. The normalized spacial score (nSPS) is 10.5. The van der Waals surface area contributed by atoms with Gasteiger partial charge in [0.05, 0.1) is 6.33 Å². The molecule has 0 fully saturated rings. The number of H-pyrrole nitrogens is 1. The summed E-state index contributed by atoms with van der Waals surface area (Å²) in [6.45, 7) is 6.00. The van der Waals surface area contributed by atoms with E-state index >= 15 is 0 Å². The molecule has 88 valence electrons. The Balaban J connectivity index is 2.64. The lowest BCUT2D eigenvalue weighted by Gasteiger charge is -2.08. The van der Waals surface area contributed by atoms with Crippen LogP contribution in [0.2, 0.25) is 0 Å². The van der Waals surface area contributed by atoms with E-state index in [4.69, 9.17) is 5.11 Å². The summed E-state index contributed by atoms with van der Waals surface area (Å²) in [6, 6.07) is 4.03. The third-order valence-corrected chi connectivity index (χ3v) is 2.95. The monoisotopic (exact) mass is 230 g/mol. The van der Waals surface area contributed by atoms with Crippen molar-refractivity contribution in [1.29, 1.82) is 0 Å². The van der Waals surface area contributed by atoms with E-state index in [2.05, 4.69) is 9.97 Å². The number of aromatic carboxylic acids is 1. The first-order valence-corrected chi connectivity index (χ1v) is 5.35. The van der Waals surface area contributed by atoms with Crippen molar-refractivity contribution in [1.82, 2.24) is 9.97 Å². The summed E-state index contributed by atoms with van der Waals surface area (Å²) >= 11 is 0. The highest BCUT2D eigenvalue weighted by Gasteiger charge is 2.16. The molecule has 0 radical (unpaired) electrons. The number of carboxylic acid groups (broad SMARTS) is 1.